The largest absolute Gasteiger partial charge is 0.462 e. The highest BCUT2D eigenvalue weighted by Gasteiger charge is 2.22. The van der Waals surface area contributed by atoms with Crippen LogP contribution >= 0.6 is 0 Å². The minimum Gasteiger partial charge on any atom is -0.462 e. The third-order valence-corrected chi connectivity index (χ3v) is 7.56. The lowest BCUT2D eigenvalue weighted by Gasteiger charge is -2.21. The highest BCUT2D eigenvalue weighted by atomic mass is 32.2. The van der Waals surface area contributed by atoms with Crippen molar-refractivity contribution in [2.75, 3.05) is 16.6 Å². The summed E-state index contributed by atoms with van der Waals surface area (Å²) in [6.45, 7) is 4.10. The molecule has 1 aromatic heterocycles. The van der Waals surface area contributed by atoms with Gasteiger partial charge in [-0.25, -0.2) is 22.9 Å². The molecule has 0 fully saturated rings. The van der Waals surface area contributed by atoms with E-state index >= 15 is 0 Å². The number of aromatic nitrogens is 2. The number of rotatable bonds is 2. The lowest BCUT2D eigenvalue weighted by atomic mass is 9.99. The first-order valence-corrected chi connectivity index (χ1v) is 13.4. The number of carbonyl (C=O) groups is 1. The molecule has 2 heterocycles. The van der Waals surface area contributed by atoms with E-state index in [0.717, 1.165) is 22.3 Å². The van der Waals surface area contributed by atoms with E-state index in [1.807, 2.05) is 68.4 Å². The van der Waals surface area contributed by atoms with Gasteiger partial charge in [0.2, 0.25) is 5.95 Å². The Hall–Kier alpha value is -4.24. The Labute approximate surface area is 215 Å². The van der Waals surface area contributed by atoms with Gasteiger partial charge in [-0.2, -0.15) is 4.98 Å². The smallest absolute Gasteiger partial charge is 0.338 e. The molecule has 8 nitrogen and oxygen atoms in total. The van der Waals surface area contributed by atoms with Crippen molar-refractivity contribution in [2.24, 2.45) is 0 Å². The predicted molar refractivity (Wildman–Crippen MR) is 142 cm³/mol. The number of aryl methyl sites for hydroxylation is 2. The zero-order valence-electron chi connectivity index (χ0n) is 20.4. The second-order valence-electron chi connectivity index (χ2n) is 8.89. The summed E-state index contributed by atoms with van der Waals surface area (Å²) in [7, 11) is -4.09. The van der Waals surface area contributed by atoms with Crippen LogP contribution in [0, 0.1) is 13.8 Å². The van der Waals surface area contributed by atoms with Crippen molar-refractivity contribution < 1.29 is 17.9 Å². The fourth-order valence-electron chi connectivity index (χ4n) is 4.42. The van der Waals surface area contributed by atoms with Crippen LogP contribution in [0.2, 0.25) is 0 Å². The molecule has 188 valence electrons. The van der Waals surface area contributed by atoms with Gasteiger partial charge in [0.1, 0.15) is 5.82 Å². The van der Waals surface area contributed by atoms with Crippen LogP contribution in [0.1, 0.15) is 39.5 Å². The molecule has 0 unspecified atom stereocenters. The quantitative estimate of drug-likeness (QED) is 0.350. The van der Waals surface area contributed by atoms with Gasteiger partial charge in [-0.1, -0.05) is 54.6 Å². The van der Waals surface area contributed by atoms with Gasteiger partial charge in [0, 0.05) is 18.1 Å². The summed E-state index contributed by atoms with van der Waals surface area (Å²) >= 11 is 0. The molecule has 5 rings (SSSR count). The average molecular weight is 515 g/mol. The number of nitrogens with zero attached hydrogens (tertiary/aromatic N) is 2. The fourth-order valence-corrected chi connectivity index (χ4v) is 5.41. The molecule has 4 aromatic rings. The molecule has 0 radical (unpaired) electrons. The maximum absolute atomic E-state index is 13.3. The highest BCUT2D eigenvalue weighted by molar-refractivity contribution is 7.92. The van der Waals surface area contributed by atoms with E-state index in [1.165, 1.54) is 24.3 Å². The molecule has 2 N–H and O–H groups in total. The van der Waals surface area contributed by atoms with Crippen LogP contribution < -0.4 is 10.0 Å². The van der Waals surface area contributed by atoms with Crippen LogP contribution in [-0.2, 0) is 14.8 Å². The minimum atomic E-state index is -4.09. The second-order valence-corrected chi connectivity index (χ2v) is 10.6. The average Bonchev–Trinajstić information content (AvgIpc) is 2.88. The molecule has 1 atom stereocenters. The van der Waals surface area contributed by atoms with Gasteiger partial charge in [0.25, 0.3) is 10.0 Å². The van der Waals surface area contributed by atoms with Crippen molar-refractivity contribution in [3.63, 3.8) is 0 Å². The van der Waals surface area contributed by atoms with Crippen molar-refractivity contribution in [2.45, 2.75) is 31.2 Å². The topological polar surface area (TPSA) is 110 Å². The van der Waals surface area contributed by atoms with E-state index in [2.05, 4.69) is 20.0 Å². The number of benzene rings is 3. The van der Waals surface area contributed by atoms with Crippen LogP contribution in [0.5, 0.6) is 0 Å². The number of sulfonamides is 1. The second kappa shape index (κ2) is 10.0. The molecule has 0 aliphatic carbocycles. The fraction of sp³-hybridized carbons (Fsp3) is 0.179. The number of hydrogen-bond donors (Lipinski definition) is 2. The van der Waals surface area contributed by atoms with E-state index in [1.54, 1.807) is 0 Å². The number of hydrogen-bond acceptors (Lipinski definition) is 7. The normalized spacial score (nSPS) is 17.0. The summed E-state index contributed by atoms with van der Waals surface area (Å²) < 4.78 is 34.5. The van der Waals surface area contributed by atoms with Gasteiger partial charge >= 0.3 is 5.97 Å². The predicted octanol–water partition coefficient (Wildman–Crippen LogP) is 5.27. The highest BCUT2D eigenvalue weighted by Crippen LogP contribution is 2.31. The van der Waals surface area contributed by atoms with Crippen LogP contribution in [0.4, 0.5) is 11.8 Å². The molecule has 0 saturated carbocycles. The Bertz CT molecular complexity index is 1550. The first-order chi connectivity index (χ1) is 17.8. The summed E-state index contributed by atoms with van der Waals surface area (Å²) in [5.41, 5.74) is 4.63. The van der Waals surface area contributed by atoms with Crippen LogP contribution in [0.25, 0.3) is 11.3 Å². The van der Waals surface area contributed by atoms with Crippen molar-refractivity contribution in [1.82, 2.24) is 9.97 Å². The van der Waals surface area contributed by atoms with Gasteiger partial charge in [-0.15, -0.1) is 0 Å². The lowest BCUT2D eigenvalue weighted by molar-refractivity contribution is 0.0495. The third-order valence-electron chi connectivity index (χ3n) is 6.23. The number of nitrogens with one attached hydrogen (secondary N) is 2. The summed E-state index contributed by atoms with van der Waals surface area (Å²) in [6, 6.07) is 23.0. The van der Waals surface area contributed by atoms with E-state index < -0.39 is 16.0 Å². The molecule has 37 heavy (non-hydrogen) atoms. The molecule has 9 heteroatoms. The zero-order valence-corrected chi connectivity index (χ0v) is 21.2. The van der Waals surface area contributed by atoms with Gasteiger partial charge in [0.05, 0.1) is 28.8 Å². The standard InChI is InChI=1S/C28H26N4O4S/c1-18-8-6-9-19(2)26(18)24-17-25-29-23(20-10-4-3-5-11-20)14-15-36-27(33)21-12-7-13-22(16-21)37(34,35)32-28(30-24)31-25/h3-13,16-17,23H,14-15H2,1-2H3,(H2,29,30,31,32)/t23-/m1/s1. The van der Waals surface area contributed by atoms with E-state index in [0.29, 0.717) is 17.9 Å². The monoisotopic (exact) mass is 514 g/mol. The van der Waals surface area contributed by atoms with Gasteiger partial charge in [-0.3, -0.25) is 0 Å². The summed E-state index contributed by atoms with van der Waals surface area (Å²) in [5.74, 6) is -0.219. The number of esters is 1. The SMILES string of the molecule is Cc1cccc(C)c1-c1cc2nc(n1)NS(=O)(=O)c1cccc(c1)C(=O)OCC[C@H](c1ccccc1)N2. The number of anilines is 2. The summed E-state index contributed by atoms with van der Waals surface area (Å²) in [6.07, 6.45) is 0.471. The molecular formula is C28H26N4O4S. The number of carbonyl (C=O) groups excluding carboxylic acids is 1. The molecule has 0 saturated heterocycles. The van der Waals surface area contributed by atoms with E-state index in [-0.39, 0.29) is 29.1 Å². The molecule has 0 amide bonds. The maximum Gasteiger partial charge on any atom is 0.338 e. The maximum atomic E-state index is 13.3. The van der Waals surface area contributed by atoms with Gasteiger partial charge in [0.15, 0.2) is 0 Å². The Kier molecular flexibility index (Phi) is 6.62. The Morgan fingerprint density at radius 1 is 0.892 bits per heavy atom. The van der Waals surface area contributed by atoms with E-state index in [9.17, 15) is 13.2 Å². The van der Waals surface area contributed by atoms with Gasteiger partial charge < -0.3 is 10.1 Å². The first-order valence-electron chi connectivity index (χ1n) is 11.9. The van der Waals surface area contributed by atoms with E-state index in [4.69, 9.17) is 4.74 Å². The van der Waals surface area contributed by atoms with Crippen molar-refractivity contribution in [1.29, 1.82) is 0 Å². The lowest BCUT2D eigenvalue weighted by Crippen LogP contribution is -2.20. The molecule has 3 aromatic carbocycles. The van der Waals surface area contributed by atoms with Crippen molar-refractivity contribution >= 4 is 27.8 Å². The van der Waals surface area contributed by atoms with Crippen molar-refractivity contribution in [3.05, 3.63) is 101 Å². The number of cyclic esters (lactones) is 1. The van der Waals surface area contributed by atoms with Crippen LogP contribution in [-0.4, -0.2) is 31.0 Å². The first kappa shape index (κ1) is 24.5. The molecule has 1 aliphatic rings. The van der Waals surface area contributed by atoms with Crippen LogP contribution in [0.3, 0.4) is 0 Å². The zero-order chi connectivity index (χ0) is 26.0. The molecule has 4 bridgehead atoms. The van der Waals surface area contributed by atoms with Crippen LogP contribution in [0.15, 0.2) is 83.8 Å². The Morgan fingerprint density at radius 2 is 1.62 bits per heavy atom. The Morgan fingerprint density at radius 3 is 2.38 bits per heavy atom. The third kappa shape index (κ3) is 5.31. The molecular weight excluding hydrogens is 488 g/mol. The molecule has 0 spiro atoms. The number of fused-ring (bicyclic) bond motifs is 4. The van der Waals surface area contributed by atoms with Gasteiger partial charge in [-0.05, 0) is 48.7 Å². The summed E-state index contributed by atoms with van der Waals surface area (Å²) in [4.78, 5) is 21.7. The number of ether oxygens (including phenoxy) is 1. The molecule has 1 aliphatic heterocycles. The van der Waals surface area contributed by atoms with Crippen molar-refractivity contribution in [3.8, 4) is 11.3 Å². The summed E-state index contributed by atoms with van der Waals surface area (Å²) in [5, 5.41) is 3.41. The Balaban J connectivity index is 1.67. The minimum absolute atomic E-state index is 0.0699.